The molecule has 0 radical (unpaired) electrons. The smallest absolute Gasteiger partial charge is 0.265 e. The summed E-state index contributed by atoms with van der Waals surface area (Å²) in [7, 11) is 0. The number of aryl methyl sites for hydroxylation is 1. The number of rotatable bonds is 2. The molecule has 98 valence electrons. The van der Waals surface area contributed by atoms with Gasteiger partial charge in [-0.2, -0.15) is 0 Å². The summed E-state index contributed by atoms with van der Waals surface area (Å²) in [5, 5.41) is 0. The lowest BCUT2D eigenvalue weighted by Crippen LogP contribution is -2.23. The van der Waals surface area contributed by atoms with E-state index < -0.39 is 0 Å². The number of para-hydroxylation sites is 1. The van der Waals surface area contributed by atoms with Gasteiger partial charge in [-0.15, -0.1) is 0 Å². The van der Waals surface area contributed by atoms with E-state index in [-0.39, 0.29) is 5.56 Å². The molecule has 0 saturated carbocycles. The minimum absolute atomic E-state index is 0.0464. The van der Waals surface area contributed by atoms with Crippen molar-refractivity contribution in [1.29, 1.82) is 0 Å². The van der Waals surface area contributed by atoms with E-state index in [0.717, 1.165) is 11.3 Å². The number of nitrogens with zero attached hydrogens (tertiary/aromatic N) is 2. The van der Waals surface area contributed by atoms with Gasteiger partial charge in [-0.1, -0.05) is 48.5 Å². The number of aromatic nitrogens is 2. The minimum Gasteiger partial charge on any atom is -0.268 e. The second-order valence-electron chi connectivity index (χ2n) is 4.56. The molecule has 0 atom stereocenters. The first-order chi connectivity index (χ1) is 9.77. The maximum absolute atomic E-state index is 12.7. The molecule has 2 aromatic carbocycles. The lowest BCUT2D eigenvalue weighted by Gasteiger charge is -2.11. The van der Waals surface area contributed by atoms with E-state index in [1.807, 2.05) is 67.6 Å². The van der Waals surface area contributed by atoms with Crippen LogP contribution in [0.1, 0.15) is 5.82 Å². The van der Waals surface area contributed by atoms with Crippen molar-refractivity contribution in [2.24, 2.45) is 0 Å². The third kappa shape index (κ3) is 2.14. The van der Waals surface area contributed by atoms with Gasteiger partial charge in [0.2, 0.25) is 0 Å². The Kier molecular flexibility index (Phi) is 3.17. The SMILES string of the molecule is Cc1ncc(-c2ccccc2)c(=O)n1-c1ccccc1. The molecule has 0 N–H and O–H groups in total. The Bertz CT molecular complexity index is 777. The Morgan fingerprint density at radius 2 is 1.50 bits per heavy atom. The van der Waals surface area contributed by atoms with E-state index in [2.05, 4.69) is 4.98 Å². The molecule has 1 aromatic heterocycles. The van der Waals surface area contributed by atoms with E-state index in [4.69, 9.17) is 0 Å². The zero-order valence-electron chi connectivity index (χ0n) is 11.2. The first kappa shape index (κ1) is 12.4. The molecule has 0 spiro atoms. The predicted molar refractivity (Wildman–Crippen MR) is 80.0 cm³/mol. The van der Waals surface area contributed by atoms with Gasteiger partial charge in [0.05, 0.1) is 11.3 Å². The molecule has 3 aromatic rings. The Hall–Kier alpha value is -2.68. The van der Waals surface area contributed by atoms with Crippen LogP contribution in [0.15, 0.2) is 71.7 Å². The zero-order chi connectivity index (χ0) is 13.9. The average Bonchev–Trinajstić information content (AvgIpc) is 2.49. The van der Waals surface area contributed by atoms with Crippen molar-refractivity contribution in [1.82, 2.24) is 9.55 Å². The van der Waals surface area contributed by atoms with Crippen molar-refractivity contribution >= 4 is 0 Å². The predicted octanol–water partition coefficient (Wildman–Crippen LogP) is 3.21. The highest BCUT2D eigenvalue weighted by Crippen LogP contribution is 2.15. The number of hydrogen-bond donors (Lipinski definition) is 0. The highest BCUT2D eigenvalue weighted by molar-refractivity contribution is 5.61. The Morgan fingerprint density at radius 1 is 0.900 bits per heavy atom. The highest BCUT2D eigenvalue weighted by atomic mass is 16.1. The largest absolute Gasteiger partial charge is 0.268 e. The van der Waals surface area contributed by atoms with E-state index >= 15 is 0 Å². The fourth-order valence-electron chi connectivity index (χ4n) is 2.24. The van der Waals surface area contributed by atoms with E-state index in [1.54, 1.807) is 10.8 Å². The van der Waals surface area contributed by atoms with Gasteiger partial charge in [-0.25, -0.2) is 4.98 Å². The standard InChI is InChI=1S/C17H14N2O/c1-13-18-12-16(14-8-4-2-5-9-14)17(20)19(13)15-10-6-3-7-11-15/h2-12H,1H3. The molecule has 0 unspecified atom stereocenters. The van der Waals surface area contributed by atoms with Crippen LogP contribution in [0, 0.1) is 6.92 Å². The molecule has 3 rings (SSSR count). The second kappa shape index (κ2) is 5.13. The van der Waals surface area contributed by atoms with Crippen LogP contribution < -0.4 is 5.56 Å². The molecule has 0 aliphatic carbocycles. The van der Waals surface area contributed by atoms with Crippen LogP contribution in [0.25, 0.3) is 16.8 Å². The van der Waals surface area contributed by atoms with Crippen LogP contribution in [0.5, 0.6) is 0 Å². The summed E-state index contributed by atoms with van der Waals surface area (Å²) in [4.78, 5) is 17.1. The minimum atomic E-state index is -0.0464. The topological polar surface area (TPSA) is 34.9 Å². The maximum atomic E-state index is 12.7. The molecule has 0 saturated heterocycles. The Labute approximate surface area is 117 Å². The van der Waals surface area contributed by atoms with Gasteiger partial charge in [-0.3, -0.25) is 9.36 Å². The third-order valence-electron chi connectivity index (χ3n) is 3.24. The lowest BCUT2D eigenvalue weighted by molar-refractivity contribution is 0.874. The Morgan fingerprint density at radius 3 is 2.15 bits per heavy atom. The fraction of sp³-hybridized carbons (Fsp3) is 0.0588. The summed E-state index contributed by atoms with van der Waals surface area (Å²) < 4.78 is 1.64. The monoisotopic (exact) mass is 262 g/mol. The second-order valence-corrected chi connectivity index (χ2v) is 4.56. The molecule has 0 amide bonds. The van der Waals surface area contributed by atoms with Crippen molar-refractivity contribution in [3.05, 3.63) is 83.0 Å². The first-order valence-corrected chi connectivity index (χ1v) is 6.47. The van der Waals surface area contributed by atoms with E-state index in [9.17, 15) is 4.79 Å². The van der Waals surface area contributed by atoms with Gasteiger partial charge in [0, 0.05) is 6.20 Å². The van der Waals surface area contributed by atoms with Crippen molar-refractivity contribution < 1.29 is 0 Å². The molecule has 1 heterocycles. The molecular formula is C17H14N2O. The number of hydrogen-bond acceptors (Lipinski definition) is 2. The quantitative estimate of drug-likeness (QED) is 0.710. The van der Waals surface area contributed by atoms with E-state index in [1.165, 1.54) is 0 Å². The lowest BCUT2D eigenvalue weighted by atomic mass is 10.1. The van der Waals surface area contributed by atoms with Gasteiger partial charge >= 0.3 is 0 Å². The van der Waals surface area contributed by atoms with Gasteiger partial charge in [0.15, 0.2) is 0 Å². The summed E-state index contributed by atoms with van der Waals surface area (Å²) in [6.45, 7) is 1.84. The highest BCUT2D eigenvalue weighted by Gasteiger charge is 2.10. The molecule has 3 nitrogen and oxygen atoms in total. The zero-order valence-corrected chi connectivity index (χ0v) is 11.2. The molecule has 3 heteroatoms. The van der Waals surface area contributed by atoms with Crippen molar-refractivity contribution in [2.75, 3.05) is 0 Å². The van der Waals surface area contributed by atoms with Gasteiger partial charge in [0.25, 0.3) is 5.56 Å². The molecule has 20 heavy (non-hydrogen) atoms. The summed E-state index contributed by atoms with van der Waals surface area (Å²) in [5.41, 5.74) is 2.28. The normalized spacial score (nSPS) is 10.4. The number of benzene rings is 2. The third-order valence-corrected chi connectivity index (χ3v) is 3.24. The first-order valence-electron chi connectivity index (χ1n) is 6.47. The van der Waals surface area contributed by atoms with Crippen LogP contribution in [0.4, 0.5) is 0 Å². The molecule has 0 fully saturated rings. The van der Waals surface area contributed by atoms with Crippen LogP contribution in [0.2, 0.25) is 0 Å². The van der Waals surface area contributed by atoms with Crippen molar-refractivity contribution in [3.63, 3.8) is 0 Å². The van der Waals surface area contributed by atoms with Crippen molar-refractivity contribution in [2.45, 2.75) is 6.92 Å². The molecule has 0 aliphatic heterocycles. The molecule has 0 aliphatic rings. The van der Waals surface area contributed by atoms with Gasteiger partial charge < -0.3 is 0 Å². The van der Waals surface area contributed by atoms with Crippen LogP contribution >= 0.6 is 0 Å². The molecule has 0 bridgehead atoms. The molecular weight excluding hydrogens is 248 g/mol. The average molecular weight is 262 g/mol. The maximum Gasteiger partial charge on any atom is 0.265 e. The van der Waals surface area contributed by atoms with Crippen molar-refractivity contribution in [3.8, 4) is 16.8 Å². The van der Waals surface area contributed by atoms with Gasteiger partial charge in [-0.05, 0) is 24.6 Å². The van der Waals surface area contributed by atoms with Crippen LogP contribution in [-0.2, 0) is 0 Å². The fourth-order valence-corrected chi connectivity index (χ4v) is 2.24. The summed E-state index contributed by atoms with van der Waals surface area (Å²) in [6, 6.07) is 19.2. The summed E-state index contributed by atoms with van der Waals surface area (Å²) in [5.74, 6) is 0.681. The summed E-state index contributed by atoms with van der Waals surface area (Å²) in [6.07, 6.45) is 1.65. The van der Waals surface area contributed by atoms with Crippen LogP contribution in [-0.4, -0.2) is 9.55 Å². The van der Waals surface area contributed by atoms with E-state index in [0.29, 0.717) is 11.4 Å². The summed E-state index contributed by atoms with van der Waals surface area (Å²) >= 11 is 0. The Balaban J connectivity index is 2.25. The van der Waals surface area contributed by atoms with Gasteiger partial charge in [0.1, 0.15) is 5.82 Å². The van der Waals surface area contributed by atoms with Crippen LogP contribution in [0.3, 0.4) is 0 Å².